The van der Waals surface area contributed by atoms with Crippen molar-refractivity contribution in [2.45, 2.75) is 26.2 Å². The van der Waals surface area contributed by atoms with Gasteiger partial charge in [0.05, 0.1) is 23.0 Å². The molecule has 0 saturated heterocycles. The second kappa shape index (κ2) is 5.57. The minimum Gasteiger partial charge on any atom is -0.495 e. The van der Waals surface area contributed by atoms with Crippen LogP contribution >= 0.6 is 11.3 Å². The summed E-state index contributed by atoms with van der Waals surface area (Å²) in [5, 5.41) is 5.42. The Balaban J connectivity index is 2.05. The van der Waals surface area contributed by atoms with E-state index in [0.29, 0.717) is 0 Å². The molecule has 0 fully saturated rings. The van der Waals surface area contributed by atoms with E-state index in [1.54, 1.807) is 24.8 Å². The molecule has 1 aromatic carbocycles. The Morgan fingerprint density at radius 2 is 1.95 bits per heavy atom. The molecule has 2 heterocycles. The van der Waals surface area contributed by atoms with Crippen molar-refractivity contribution in [3.63, 3.8) is 0 Å². The van der Waals surface area contributed by atoms with Crippen LogP contribution in [0.2, 0.25) is 0 Å². The molecule has 3 rings (SSSR count). The summed E-state index contributed by atoms with van der Waals surface area (Å²) in [6, 6.07) is 8.22. The summed E-state index contributed by atoms with van der Waals surface area (Å²) in [6.45, 7) is 6.59. The molecule has 4 nitrogen and oxygen atoms in total. The van der Waals surface area contributed by atoms with Gasteiger partial charge in [-0.1, -0.05) is 26.8 Å². The van der Waals surface area contributed by atoms with Crippen molar-refractivity contribution in [3.05, 3.63) is 41.5 Å². The molecular weight excluding hydrogens is 294 g/mol. The van der Waals surface area contributed by atoms with Gasteiger partial charge in [0.2, 0.25) is 0 Å². The Morgan fingerprint density at radius 1 is 1.14 bits per heavy atom. The zero-order valence-electron chi connectivity index (χ0n) is 13.2. The molecule has 0 aliphatic heterocycles. The van der Waals surface area contributed by atoms with Crippen LogP contribution in [0.4, 0.5) is 11.5 Å². The molecule has 0 aliphatic rings. The topological polar surface area (TPSA) is 47.0 Å². The van der Waals surface area contributed by atoms with Gasteiger partial charge in [-0.05, 0) is 34.6 Å². The first-order valence-electron chi connectivity index (χ1n) is 7.13. The third kappa shape index (κ3) is 2.76. The molecule has 0 amide bonds. The molecule has 5 heteroatoms. The van der Waals surface area contributed by atoms with E-state index in [2.05, 4.69) is 48.2 Å². The fraction of sp³-hybridized carbons (Fsp3) is 0.294. The number of aromatic nitrogens is 2. The van der Waals surface area contributed by atoms with Crippen molar-refractivity contribution in [2.24, 2.45) is 0 Å². The van der Waals surface area contributed by atoms with Crippen molar-refractivity contribution in [1.82, 2.24) is 9.97 Å². The molecule has 2 aromatic heterocycles. The van der Waals surface area contributed by atoms with Crippen molar-refractivity contribution >= 4 is 33.1 Å². The van der Waals surface area contributed by atoms with Crippen LogP contribution in [-0.2, 0) is 5.41 Å². The zero-order valence-corrected chi connectivity index (χ0v) is 14.0. The monoisotopic (exact) mass is 313 g/mol. The van der Waals surface area contributed by atoms with E-state index in [1.165, 1.54) is 5.56 Å². The van der Waals surface area contributed by atoms with Crippen molar-refractivity contribution in [3.8, 4) is 5.75 Å². The highest BCUT2D eigenvalue weighted by atomic mass is 32.1. The average molecular weight is 313 g/mol. The summed E-state index contributed by atoms with van der Waals surface area (Å²) in [5.74, 6) is 1.61. The lowest BCUT2D eigenvalue weighted by molar-refractivity contribution is 0.416. The normalized spacial score (nSPS) is 11.6. The number of rotatable bonds is 3. The average Bonchev–Trinajstić information content (AvgIpc) is 2.96. The first kappa shape index (κ1) is 14.8. The molecule has 3 aromatic rings. The van der Waals surface area contributed by atoms with Crippen molar-refractivity contribution < 1.29 is 4.74 Å². The summed E-state index contributed by atoms with van der Waals surface area (Å²) < 4.78 is 6.52. The standard InChI is InChI=1S/C17H19N3OS/c1-17(2,3)11-5-6-14(21-4)13(9-11)20-16-15-12(7-8-22-15)18-10-19-16/h5-10H,1-4H3,(H,18,19,20). The van der Waals surface area contributed by atoms with E-state index in [4.69, 9.17) is 4.74 Å². The highest BCUT2D eigenvalue weighted by Crippen LogP contribution is 2.35. The number of nitrogens with zero attached hydrogens (tertiary/aromatic N) is 2. The van der Waals surface area contributed by atoms with Crippen molar-refractivity contribution in [2.75, 3.05) is 12.4 Å². The Morgan fingerprint density at radius 3 is 2.68 bits per heavy atom. The molecule has 0 radical (unpaired) electrons. The Labute approximate surface area is 134 Å². The minimum atomic E-state index is 0.0760. The van der Waals surface area contributed by atoms with E-state index in [0.717, 1.165) is 27.5 Å². The summed E-state index contributed by atoms with van der Waals surface area (Å²) in [4.78, 5) is 8.65. The van der Waals surface area contributed by atoms with Crippen LogP contribution in [0, 0.1) is 0 Å². The van der Waals surface area contributed by atoms with Gasteiger partial charge in [0, 0.05) is 0 Å². The maximum atomic E-state index is 5.48. The van der Waals surface area contributed by atoms with Gasteiger partial charge >= 0.3 is 0 Å². The first-order valence-corrected chi connectivity index (χ1v) is 8.01. The number of hydrogen-bond donors (Lipinski definition) is 1. The number of anilines is 2. The summed E-state index contributed by atoms with van der Waals surface area (Å²) in [7, 11) is 1.68. The Kier molecular flexibility index (Phi) is 3.74. The number of ether oxygens (including phenoxy) is 1. The van der Waals surface area contributed by atoms with Gasteiger partial charge < -0.3 is 10.1 Å². The van der Waals surface area contributed by atoms with Crippen LogP contribution in [0.5, 0.6) is 5.75 Å². The lowest BCUT2D eigenvalue weighted by Crippen LogP contribution is -2.11. The van der Waals surface area contributed by atoms with E-state index in [9.17, 15) is 0 Å². The Hall–Kier alpha value is -2.14. The van der Waals surface area contributed by atoms with Gasteiger partial charge in [0.15, 0.2) is 5.82 Å². The van der Waals surface area contributed by atoms with E-state index >= 15 is 0 Å². The van der Waals surface area contributed by atoms with Gasteiger partial charge in [-0.25, -0.2) is 9.97 Å². The van der Waals surface area contributed by atoms with Gasteiger partial charge in [-0.3, -0.25) is 0 Å². The van der Waals surface area contributed by atoms with Gasteiger partial charge in [0.25, 0.3) is 0 Å². The highest BCUT2D eigenvalue weighted by molar-refractivity contribution is 7.17. The number of fused-ring (bicyclic) bond motifs is 1. The fourth-order valence-electron chi connectivity index (χ4n) is 2.28. The first-order chi connectivity index (χ1) is 10.5. The summed E-state index contributed by atoms with van der Waals surface area (Å²) in [6.07, 6.45) is 1.58. The fourth-order valence-corrected chi connectivity index (χ4v) is 3.07. The number of methoxy groups -OCH3 is 1. The largest absolute Gasteiger partial charge is 0.495 e. The minimum absolute atomic E-state index is 0.0760. The van der Waals surface area contributed by atoms with Gasteiger partial charge in [0.1, 0.15) is 12.1 Å². The van der Waals surface area contributed by atoms with Crippen LogP contribution in [-0.4, -0.2) is 17.1 Å². The lowest BCUT2D eigenvalue weighted by Gasteiger charge is -2.21. The quantitative estimate of drug-likeness (QED) is 0.758. The molecule has 114 valence electrons. The number of thiophene rings is 1. The number of nitrogens with one attached hydrogen (secondary N) is 1. The molecule has 0 saturated carbocycles. The van der Waals surface area contributed by atoms with Gasteiger partial charge in [-0.15, -0.1) is 11.3 Å². The SMILES string of the molecule is COc1ccc(C(C)(C)C)cc1Nc1ncnc2ccsc12. The predicted molar refractivity (Wildman–Crippen MR) is 92.4 cm³/mol. The van der Waals surface area contributed by atoms with Crippen LogP contribution in [0.1, 0.15) is 26.3 Å². The number of hydrogen-bond acceptors (Lipinski definition) is 5. The molecule has 0 spiro atoms. The molecular formula is C17H19N3OS. The smallest absolute Gasteiger partial charge is 0.151 e. The van der Waals surface area contributed by atoms with E-state index in [1.807, 2.05) is 17.5 Å². The zero-order chi connectivity index (χ0) is 15.7. The predicted octanol–water partition coefficient (Wildman–Crippen LogP) is 4.74. The van der Waals surface area contributed by atoms with Crippen LogP contribution in [0.3, 0.4) is 0 Å². The molecule has 0 bridgehead atoms. The van der Waals surface area contributed by atoms with E-state index in [-0.39, 0.29) is 5.41 Å². The van der Waals surface area contributed by atoms with Crippen LogP contribution < -0.4 is 10.1 Å². The lowest BCUT2D eigenvalue weighted by atomic mass is 9.87. The Bertz CT molecular complexity index is 805. The summed E-state index contributed by atoms with van der Waals surface area (Å²) >= 11 is 1.63. The third-order valence-corrected chi connectivity index (χ3v) is 4.47. The highest BCUT2D eigenvalue weighted by Gasteiger charge is 2.17. The molecule has 22 heavy (non-hydrogen) atoms. The maximum Gasteiger partial charge on any atom is 0.151 e. The summed E-state index contributed by atoms with van der Waals surface area (Å²) in [5.41, 5.74) is 3.19. The van der Waals surface area contributed by atoms with Crippen LogP contribution in [0.25, 0.3) is 10.2 Å². The molecule has 1 N–H and O–H groups in total. The van der Waals surface area contributed by atoms with E-state index < -0.39 is 0 Å². The molecule has 0 unspecified atom stereocenters. The molecule has 0 aliphatic carbocycles. The number of benzene rings is 1. The second-order valence-electron chi connectivity index (χ2n) is 6.15. The molecule has 0 atom stereocenters. The maximum absolute atomic E-state index is 5.48. The second-order valence-corrected chi connectivity index (χ2v) is 7.06. The van der Waals surface area contributed by atoms with Crippen molar-refractivity contribution in [1.29, 1.82) is 0 Å². The van der Waals surface area contributed by atoms with Gasteiger partial charge in [-0.2, -0.15) is 0 Å². The third-order valence-electron chi connectivity index (χ3n) is 3.56. The van der Waals surface area contributed by atoms with Crippen LogP contribution in [0.15, 0.2) is 36.0 Å².